The second-order valence-electron chi connectivity index (χ2n) is 0.250. The molecule has 0 saturated carbocycles. The molecule has 0 heterocycles. The van der Waals surface area contributed by atoms with Gasteiger partial charge in [-0.1, -0.05) is 0 Å². The van der Waals surface area contributed by atoms with Gasteiger partial charge in [0.05, 0.1) is 0 Å². The number of hydrogen-bond acceptors (Lipinski definition) is 3. The lowest BCUT2D eigenvalue weighted by Gasteiger charge is -1.96. The van der Waals surface area contributed by atoms with Crippen LogP contribution in [0.5, 0.6) is 0 Å². The van der Waals surface area contributed by atoms with E-state index in [0.717, 1.165) is 0 Å². The van der Waals surface area contributed by atoms with Gasteiger partial charge in [0, 0.05) is 0 Å². The van der Waals surface area contributed by atoms with Gasteiger partial charge < -0.3 is 15.0 Å². The maximum absolute atomic E-state index is 8.33. The van der Waals surface area contributed by atoms with Crippen molar-refractivity contribution in [3.8, 4) is 0 Å². The lowest BCUT2D eigenvalue weighted by atomic mass is 11.5. The van der Waals surface area contributed by atoms with Crippen LogP contribution in [0.15, 0.2) is 0 Å². The van der Waals surface area contributed by atoms with Crippen LogP contribution in [0, 0.1) is 0 Å². The summed E-state index contributed by atoms with van der Waals surface area (Å²) in [5.74, 6) is 0. The zero-order valence-corrected chi connectivity index (χ0v) is 2.13. The van der Waals surface area contributed by atoms with E-state index in [1.165, 1.54) is 0 Å². The van der Waals surface area contributed by atoms with Crippen LogP contribution in [-0.2, 0) is 5.48 Å². The van der Waals surface area contributed by atoms with Crippen molar-refractivity contribution in [2.24, 2.45) is 0 Å². The largest absolute Gasteiger partial charge is 2.00 e. The van der Waals surface area contributed by atoms with E-state index in [0.29, 0.717) is 0 Å². The van der Waals surface area contributed by atoms with Crippen molar-refractivity contribution in [2.45, 2.75) is 0 Å². The zero-order chi connectivity index (χ0) is 3.58. The maximum atomic E-state index is 8.33. The summed E-state index contributed by atoms with van der Waals surface area (Å²) in [6.45, 7) is 0. The standard InChI is InChI=1S/CH2O3.O/c2-1(3)4;/h(H2,2,3,4);/q;+2/p-2. The van der Waals surface area contributed by atoms with E-state index in [2.05, 4.69) is 0 Å². The first-order valence-corrected chi connectivity index (χ1v) is 0.612. The molecule has 0 rings (SSSR count). The third-order valence-electron chi connectivity index (χ3n) is 0. The van der Waals surface area contributed by atoms with Crippen LogP contribution in [0.2, 0.25) is 0 Å². The highest BCUT2D eigenvalue weighted by atomic mass is 16.6. The average Bonchev–Trinajstić information content (AvgIpc) is 0.811. The molecule has 0 unspecified atom stereocenters. The molecule has 4 heteroatoms. The van der Waals surface area contributed by atoms with Gasteiger partial charge in [0.2, 0.25) is 0 Å². The van der Waals surface area contributed by atoms with Gasteiger partial charge in [0.15, 0.2) is 0 Å². The summed E-state index contributed by atoms with van der Waals surface area (Å²) in [5, 5.41) is 16.7. The van der Waals surface area contributed by atoms with Crippen molar-refractivity contribution >= 4 is 6.16 Å². The van der Waals surface area contributed by atoms with E-state index in [1.54, 1.807) is 0 Å². The molecule has 28 valence electrons. The smallest absolute Gasteiger partial charge is 0.652 e. The Kier molecular flexibility index (Phi) is 5.73. The predicted octanol–water partition coefficient (Wildman–Crippen LogP) is -2.57. The molecule has 0 aromatic carbocycles. The lowest BCUT2D eigenvalue weighted by Crippen LogP contribution is -2.37. The van der Waals surface area contributed by atoms with Crippen molar-refractivity contribution in [1.29, 1.82) is 0 Å². The molecule has 0 aliphatic rings. The van der Waals surface area contributed by atoms with E-state index in [4.69, 9.17) is 15.0 Å². The molecule has 5 heavy (non-hydrogen) atoms. The highest BCUT2D eigenvalue weighted by Gasteiger charge is 2.00. The maximum Gasteiger partial charge on any atom is 2.00 e. The molecule has 0 atom stereocenters. The van der Waals surface area contributed by atoms with Gasteiger partial charge in [-0.3, -0.25) is 0 Å². The Bertz CT molecular complexity index is 26.6. The van der Waals surface area contributed by atoms with Gasteiger partial charge in [-0.2, -0.15) is 0 Å². The number of carboxylic acid groups (broad SMARTS) is 2. The Morgan fingerprint density at radius 3 is 1.40 bits per heavy atom. The van der Waals surface area contributed by atoms with Crippen molar-refractivity contribution in [3.05, 3.63) is 0 Å². The molecule has 0 amide bonds. The molecule has 0 aromatic heterocycles. The summed E-state index contributed by atoms with van der Waals surface area (Å²) in [4.78, 5) is 8.33. The minimum absolute atomic E-state index is 0. The Morgan fingerprint density at radius 2 is 1.40 bits per heavy atom. The normalized spacial score (nSPS) is 4.80. The molecule has 0 bridgehead atoms. The molecular weight excluding hydrogens is 76.0 g/mol. The fourth-order valence-corrected chi connectivity index (χ4v) is 0. The number of carbonyl (C=O) groups is 1. The highest BCUT2D eigenvalue weighted by molar-refractivity contribution is 5.47. The molecule has 0 aromatic rings. The summed E-state index contributed by atoms with van der Waals surface area (Å²) < 4.78 is 0. The number of hydrogen-bond donors (Lipinski definition) is 0. The van der Waals surface area contributed by atoms with Crippen LogP contribution in [0.25, 0.3) is 0 Å². The fraction of sp³-hybridized carbons (Fsp3) is 0. The second-order valence-corrected chi connectivity index (χ2v) is 0.250. The molecule has 0 spiro atoms. The first-order chi connectivity index (χ1) is 1.73. The Morgan fingerprint density at radius 1 is 1.40 bits per heavy atom. The van der Waals surface area contributed by atoms with Crippen LogP contribution in [0.4, 0.5) is 4.79 Å². The van der Waals surface area contributed by atoms with Crippen molar-refractivity contribution in [1.82, 2.24) is 0 Å². The summed E-state index contributed by atoms with van der Waals surface area (Å²) in [6.07, 6.45) is -2.33. The van der Waals surface area contributed by atoms with Gasteiger partial charge >= 0.3 is 5.48 Å². The molecule has 0 aliphatic carbocycles. The van der Waals surface area contributed by atoms with Gasteiger partial charge in [-0.05, 0) is 6.16 Å². The van der Waals surface area contributed by atoms with E-state index in [-0.39, 0.29) is 5.48 Å². The Hall–Kier alpha value is -0.770. The number of rotatable bonds is 0. The molecule has 4 nitrogen and oxygen atoms in total. The minimum Gasteiger partial charge on any atom is -0.652 e. The average molecular weight is 76.0 g/mol. The topological polar surface area (TPSA) is 91.7 Å². The van der Waals surface area contributed by atoms with E-state index >= 15 is 0 Å². The van der Waals surface area contributed by atoms with Crippen molar-refractivity contribution < 1.29 is 20.5 Å². The molecule has 0 saturated heterocycles. The Labute approximate surface area is 28.0 Å². The summed E-state index contributed by atoms with van der Waals surface area (Å²) in [6, 6.07) is 0. The van der Waals surface area contributed by atoms with E-state index in [9.17, 15) is 0 Å². The van der Waals surface area contributed by atoms with E-state index in [1.807, 2.05) is 0 Å². The quantitative estimate of drug-likeness (QED) is 0.317. The van der Waals surface area contributed by atoms with Crippen molar-refractivity contribution in [2.75, 3.05) is 0 Å². The lowest BCUT2D eigenvalue weighted by molar-refractivity contribution is -0.415. The van der Waals surface area contributed by atoms with Gasteiger partial charge in [0.25, 0.3) is 0 Å². The van der Waals surface area contributed by atoms with E-state index < -0.39 is 6.16 Å². The third kappa shape index (κ3) is 8.24. The van der Waals surface area contributed by atoms with Crippen LogP contribution in [0.1, 0.15) is 0 Å². The highest BCUT2D eigenvalue weighted by Crippen LogP contribution is 1.21. The third-order valence-corrected chi connectivity index (χ3v) is 0. The zero-order valence-electron chi connectivity index (χ0n) is 2.13. The molecule has 0 aliphatic heterocycles. The van der Waals surface area contributed by atoms with Gasteiger partial charge in [0.1, 0.15) is 0 Å². The number of carbonyl (C=O) groups excluding carboxylic acids is 1. The summed E-state index contributed by atoms with van der Waals surface area (Å²) in [7, 11) is 0. The Balaban J connectivity index is 0. The molecule has 0 N–H and O–H groups in total. The molecule has 0 fully saturated rings. The SMILES string of the molecule is O=C([O-])[O-].[O+2]. The van der Waals surface area contributed by atoms with Gasteiger partial charge in [-0.15, -0.1) is 0 Å². The van der Waals surface area contributed by atoms with Crippen LogP contribution < -0.4 is 10.2 Å². The first-order valence-electron chi connectivity index (χ1n) is 0.612. The fourth-order valence-electron chi connectivity index (χ4n) is 0. The molecular formula is CO4. The van der Waals surface area contributed by atoms with Crippen molar-refractivity contribution in [3.63, 3.8) is 0 Å². The summed E-state index contributed by atoms with van der Waals surface area (Å²) >= 11 is 0. The van der Waals surface area contributed by atoms with Crippen LogP contribution in [-0.4, -0.2) is 6.16 Å². The molecule has 4 radical (unpaired) electrons. The summed E-state index contributed by atoms with van der Waals surface area (Å²) in [5.41, 5.74) is 0. The first kappa shape index (κ1) is 8.87. The monoisotopic (exact) mass is 76.0 g/mol. The van der Waals surface area contributed by atoms with Crippen LogP contribution >= 0.6 is 0 Å². The minimum atomic E-state index is -2.33. The second kappa shape index (κ2) is 3.23. The van der Waals surface area contributed by atoms with Gasteiger partial charge in [-0.25, -0.2) is 0 Å². The van der Waals surface area contributed by atoms with Crippen LogP contribution in [0.3, 0.4) is 0 Å². The predicted molar refractivity (Wildman–Crippen MR) is 6.08 cm³/mol.